The molecule has 3 nitrogen and oxygen atoms in total. The minimum Gasteiger partial charge on any atom is -0.386 e. The van der Waals surface area contributed by atoms with E-state index in [4.69, 9.17) is 0 Å². The summed E-state index contributed by atoms with van der Waals surface area (Å²) in [7, 11) is 0. The molecule has 58 valence electrons. The van der Waals surface area contributed by atoms with Crippen LogP contribution in [0.1, 0.15) is 24.6 Å². The lowest BCUT2D eigenvalue weighted by Gasteiger charge is -2.05. The maximum absolute atomic E-state index is 9.56. The van der Waals surface area contributed by atoms with E-state index >= 15 is 0 Å². The number of hydrogen-bond acceptors (Lipinski definition) is 3. The Morgan fingerprint density at radius 1 is 1.45 bits per heavy atom. The van der Waals surface area contributed by atoms with Gasteiger partial charge < -0.3 is 5.11 Å². The molecule has 1 aromatic rings. The van der Waals surface area contributed by atoms with Crippen LogP contribution in [0.15, 0.2) is 18.6 Å². The first-order chi connectivity index (χ1) is 5.38. The number of aliphatic hydroxyl groups excluding tert-OH is 1. The molecule has 1 atom stereocenters. The standard InChI is InChI=1S/C8H10N2O/c11-8(6-1-2-6)7-5-9-3-4-10-7/h3-6,8,11H,1-2H2. The number of rotatable bonds is 2. The van der Waals surface area contributed by atoms with Crippen LogP contribution < -0.4 is 0 Å². The minimum absolute atomic E-state index is 0.385. The van der Waals surface area contributed by atoms with Gasteiger partial charge in [0, 0.05) is 12.4 Å². The van der Waals surface area contributed by atoms with Gasteiger partial charge in [-0.05, 0) is 18.8 Å². The van der Waals surface area contributed by atoms with Gasteiger partial charge in [-0.1, -0.05) is 0 Å². The van der Waals surface area contributed by atoms with E-state index in [-0.39, 0.29) is 6.10 Å². The van der Waals surface area contributed by atoms with Crippen molar-refractivity contribution >= 4 is 0 Å². The SMILES string of the molecule is OC(c1cnccn1)C1CC1. The van der Waals surface area contributed by atoms with E-state index in [0.717, 1.165) is 12.8 Å². The molecular weight excluding hydrogens is 140 g/mol. The highest BCUT2D eigenvalue weighted by atomic mass is 16.3. The van der Waals surface area contributed by atoms with Crippen LogP contribution in [0, 0.1) is 5.92 Å². The molecule has 3 heteroatoms. The fourth-order valence-electron chi connectivity index (χ4n) is 1.12. The third-order valence-electron chi connectivity index (χ3n) is 1.95. The summed E-state index contributed by atoms with van der Waals surface area (Å²) in [5, 5.41) is 9.56. The highest BCUT2D eigenvalue weighted by molar-refractivity contribution is 5.03. The van der Waals surface area contributed by atoms with E-state index < -0.39 is 0 Å². The van der Waals surface area contributed by atoms with Gasteiger partial charge >= 0.3 is 0 Å². The lowest BCUT2D eigenvalue weighted by molar-refractivity contribution is 0.148. The van der Waals surface area contributed by atoms with Gasteiger partial charge in [0.1, 0.15) is 6.10 Å². The van der Waals surface area contributed by atoms with Crippen molar-refractivity contribution < 1.29 is 5.11 Å². The van der Waals surface area contributed by atoms with Crippen LogP contribution in [0.2, 0.25) is 0 Å². The quantitative estimate of drug-likeness (QED) is 0.681. The molecule has 0 aromatic carbocycles. The molecule has 0 spiro atoms. The second-order valence-corrected chi connectivity index (χ2v) is 2.91. The van der Waals surface area contributed by atoms with E-state index in [2.05, 4.69) is 9.97 Å². The Morgan fingerprint density at radius 3 is 2.82 bits per heavy atom. The fourth-order valence-corrected chi connectivity index (χ4v) is 1.12. The molecule has 1 aliphatic carbocycles. The first-order valence-electron chi connectivity index (χ1n) is 3.82. The van der Waals surface area contributed by atoms with E-state index in [1.165, 1.54) is 0 Å². The third kappa shape index (κ3) is 1.38. The van der Waals surface area contributed by atoms with Gasteiger partial charge in [-0.2, -0.15) is 0 Å². The van der Waals surface area contributed by atoms with Crippen LogP contribution in [-0.2, 0) is 0 Å². The second kappa shape index (κ2) is 2.58. The first-order valence-corrected chi connectivity index (χ1v) is 3.82. The summed E-state index contributed by atoms with van der Waals surface area (Å²) in [4.78, 5) is 7.92. The predicted octanol–water partition coefficient (Wildman–Crippen LogP) is 0.920. The Hall–Kier alpha value is -0.960. The smallest absolute Gasteiger partial charge is 0.100 e. The van der Waals surface area contributed by atoms with Gasteiger partial charge in [-0.15, -0.1) is 0 Å². The number of aliphatic hydroxyl groups is 1. The zero-order valence-electron chi connectivity index (χ0n) is 6.14. The minimum atomic E-state index is -0.385. The number of aromatic nitrogens is 2. The zero-order valence-corrected chi connectivity index (χ0v) is 6.14. The van der Waals surface area contributed by atoms with Crippen molar-refractivity contribution in [2.45, 2.75) is 18.9 Å². The molecule has 1 heterocycles. The summed E-state index contributed by atoms with van der Waals surface area (Å²) >= 11 is 0. The topological polar surface area (TPSA) is 46.0 Å². The predicted molar refractivity (Wildman–Crippen MR) is 39.7 cm³/mol. The Bertz CT molecular complexity index is 233. The first kappa shape index (κ1) is 6.73. The summed E-state index contributed by atoms with van der Waals surface area (Å²) in [5.74, 6) is 0.437. The lowest BCUT2D eigenvalue weighted by atomic mass is 10.2. The summed E-state index contributed by atoms with van der Waals surface area (Å²) in [6, 6.07) is 0. The van der Waals surface area contributed by atoms with E-state index in [1.54, 1.807) is 18.6 Å². The summed E-state index contributed by atoms with van der Waals surface area (Å²) < 4.78 is 0. The van der Waals surface area contributed by atoms with Gasteiger partial charge in [-0.25, -0.2) is 0 Å². The molecule has 1 saturated carbocycles. The van der Waals surface area contributed by atoms with Crippen LogP contribution >= 0.6 is 0 Å². The average molecular weight is 150 g/mol. The van der Waals surface area contributed by atoms with Crippen molar-refractivity contribution in [2.24, 2.45) is 5.92 Å². The molecule has 0 saturated heterocycles. The molecule has 0 radical (unpaired) electrons. The van der Waals surface area contributed by atoms with Crippen molar-refractivity contribution in [3.63, 3.8) is 0 Å². The highest BCUT2D eigenvalue weighted by Crippen LogP contribution is 2.39. The maximum atomic E-state index is 9.56. The van der Waals surface area contributed by atoms with Gasteiger partial charge in [0.25, 0.3) is 0 Å². The summed E-state index contributed by atoms with van der Waals surface area (Å²) in [5.41, 5.74) is 0.704. The van der Waals surface area contributed by atoms with Crippen LogP contribution in [0.25, 0.3) is 0 Å². The molecule has 1 aliphatic rings. The number of nitrogens with zero attached hydrogens (tertiary/aromatic N) is 2. The molecule has 0 bridgehead atoms. The van der Waals surface area contributed by atoms with Crippen molar-refractivity contribution in [1.82, 2.24) is 9.97 Å². The van der Waals surface area contributed by atoms with E-state index in [0.29, 0.717) is 11.6 Å². The van der Waals surface area contributed by atoms with Gasteiger partial charge in [0.2, 0.25) is 0 Å². The molecule has 1 aromatic heterocycles. The van der Waals surface area contributed by atoms with Crippen molar-refractivity contribution in [3.05, 3.63) is 24.3 Å². The average Bonchev–Trinajstić information content (AvgIpc) is 2.87. The maximum Gasteiger partial charge on any atom is 0.100 e. The Balaban J connectivity index is 2.15. The van der Waals surface area contributed by atoms with Crippen molar-refractivity contribution in [1.29, 1.82) is 0 Å². The molecular formula is C8H10N2O. The Kier molecular flexibility index (Phi) is 1.58. The molecule has 11 heavy (non-hydrogen) atoms. The van der Waals surface area contributed by atoms with Crippen LogP contribution in [0.5, 0.6) is 0 Å². The fraction of sp³-hybridized carbons (Fsp3) is 0.500. The second-order valence-electron chi connectivity index (χ2n) is 2.91. The van der Waals surface area contributed by atoms with Gasteiger partial charge in [0.05, 0.1) is 11.9 Å². The van der Waals surface area contributed by atoms with Crippen LogP contribution in [-0.4, -0.2) is 15.1 Å². The zero-order chi connectivity index (χ0) is 7.68. The van der Waals surface area contributed by atoms with Crippen molar-refractivity contribution in [2.75, 3.05) is 0 Å². The van der Waals surface area contributed by atoms with E-state index in [9.17, 15) is 5.11 Å². The number of hydrogen-bond donors (Lipinski definition) is 1. The van der Waals surface area contributed by atoms with Crippen molar-refractivity contribution in [3.8, 4) is 0 Å². The van der Waals surface area contributed by atoms with Crippen LogP contribution in [0.4, 0.5) is 0 Å². The van der Waals surface area contributed by atoms with Gasteiger partial charge in [-0.3, -0.25) is 9.97 Å². The highest BCUT2D eigenvalue weighted by Gasteiger charge is 2.31. The molecule has 1 unspecified atom stereocenters. The largest absolute Gasteiger partial charge is 0.386 e. The summed E-state index contributed by atoms with van der Waals surface area (Å²) in [6.07, 6.45) is 6.71. The Morgan fingerprint density at radius 2 is 2.27 bits per heavy atom. The third-order valence-corrected chi connectivity index (χ3v) is 1.95. The molecule has 1 fully saturated rings. The molecule has 2 rings (SSSR count). The lowest BCUT2D eigenvalue weighted by Crippen LogP contribution is -2.02. The molecule has 0 aliphatic heterocycles. The van der Waals surface area contributed by atoms with Crippen LogP contribution in [0.3, 0.4) is 0 Å². The van der Waals surface area contributed by atoms with E-state index in [1.807, 2.05) is 0 Å². The normalized spacial score (nSPS) is 19.7. The van der Waals surface area contributed by atoms with Gasteiger partial charge in [0.15, 0.2) is 0 Å². The molecule has 0 amide bonds. The molecule has 1 N–H and O–H groups in total. The summed E-state index contributed by atoms with van der Waals surface area (Å²) in [6.45, 7) is 0. The monoisotopic (exact) mass is 150 g/mol. The Labute approximate surface area is 65.1 Å².